The third-order valence-corrected chi connectivity index (χ3v) is 2.22. The van der Waals surface area contributed by atoms with Crippen LogP contribution in [0.2, 0.25) is 0 Å². The number of aromatic nitrogens is 2. The Kier molecular flexibility index (Phi) is 3.86. The number of nitrogens with two attached hydrogens (primary N) is 1. The van der Waals surface area contributed by atoms with Gasteiger partial charge in [-0.15, -0.1) is 12.4 Å². The monoisotopic (exact) mass is 218 g/mol. The first-order valence-electron chi connectivity index (χ1n) is 4.60. The molecule has 0 aromatic carbocycles. The molecule has 14 heavy (non-hydrogen) atoms. The summed E-state index contributed by atoms with van der Waals surface area (Å²) in [5.74, 6) is 1.26. The van der Waals surface area contributed by atoms with Gasteiger partial charge in [-0.1, -0.05) is 5.16 Å². The van der Waals surface area contributed by atoms with Crippen LogP contribution < -0.4 is 11.1 Å². The van der Waals surface area contributed by atoms with Gasteiger partial charge in [0.05, 0.1) is 12.1 Å². The molecule has 2 atom stereocenters. The first-order valence-corrected chi connectivity index (χ1v) is 4.60. The van der Waals surface area contributed by atoms with Crippen LogP contribution in [0.25, 0.3) is 0 Å². The maximum Gasteiger partial charge on any atom is 0.243 e. The number of rotatable bonds is 2. The third kappa shape index (κ3) is 2.23. The Morgan fingerprint density at radius 2 is 2.43 bits per heavy atom. The van der Waals surface area contributed by atoms with Crippen molar-refractivity contribution in [2.24, 2.45) is 5.73 Å². The molecule has 1 aromatic heterocycles. The van der Waals surface area contributed by atoms with E-state index in [9.17, 15) is 0 Å². The number of halogens is 1. The second-order valence-corrected chi connectivity index (χ2v) is 3.43. The third-order valence-electron chi connectivity index (χ3n) is 2.22. The van der Waals surface area contributed by atoms with E-state index in [2.05, 4.69) is 15.5 Å². The minimum Gasteiger partial charge on any atom is -0.338 e. The van der Waals surface area contributed by atoms with Gasteiger partial charge in [-0.25, -0.2) is 0 Å². The van der Waals surface area contributed by atoms with Crippen LogP contribution in [0.4, 0.5) is 0 Å². The van der Waals surface area contributed by atoms with Crippen molar-refractivity contribution in [1.82, 2.24) is 15.5 Å². The van der Waals surface area contributed by atoms with E-state index in [0.29, 0.717) is 5.89 Å². The molecule has 3 N–H and O–H groups in total. The van der Waals surface area contributed by atoms with Crippen molar-refractivity contribution >= 4 is 12.4 Å². The van der Waals surface area contributed by atoms with Gasteiger partial charge >= 0.3 is 0 Å². The quantitative estimate of drug-likeness (QED) is 0.773. The summed E-state index contributed by atoms with van der Waals surface area (Å²) in [6.45, 7) is 2.87. The largest absolute Gasteiger partial charge is 0.338 e. The van der Waals surface area contributed by atoms with Gasteiger partial charge in [0.25, 0.3) is 0 Å². The topological polar surface area (TPSA) is 77.0 Å². The highest BCUT2D eigenvalue weighted by Gasteiger charge is 2.22. The Hall–Kier alpha value is -0.650. The predicted octanol–water partition coefficient (Wildman–Crippen LogP) is 0.936. The van der Waals surface area contributed by atoms with Gasteiger partial charge in [-0.3, -0.25) is 0 Å². The number of nitrogens with one attached hydrogen (secondary N) is 1. The van der Waals surface area contributed by atoms with E-state index in [1.165, 1.54) is 6.42 Å². The number of nitrogens with zero attached hydrogens (tertiary/aromatic N) is 2. The zero-order chi connectivity index (χ0) is 9.26. The van der Waals surface area contributed by atoms with E-state index in [4.69, 9.17) is 10.3 Å². The van der Waals surface area contributed by atoms with Crippen molar-refractivity contribution in [3.8, 4) is 0 Å². The lowest BCUT2D eigenvalue weighted by atomic mass is 10.2. The van der Waals surface area contributed by atoms with Gasteiger partial charge < -0.3 is 15.6 Å². The van der Waals surface area contributed by atoms with Gasteiger partial charge in [0.15, 0.2) is 5.82 Å². The lowest BCUT2D eigenvalue weighted by Crippen LogP contribution is -2.14. The summed E-state index contributed by atoms with van der Waals surface area (Å²) in [4.78, 5) is 4.23. The van der Waals surface area contributed by atoms with E-state index >= 15 is 0 Å². The summed E-state index contributed by atoms with van der Waals surface area (Å²) in [6.07, 6.45) is 2.25. The average Bonchev–Trinajstić information content (AvgIpc) is 2.75. The molecule has 1 fully saturated rings. The Morgan fingerprint density at radius 1 is 1.64 bits per heavy atom. The summed E-state index contributed by atoms with van der Waals surface area (Å²) in [6, 6.07) is 0.0823. The van der Waals surface area contributed by atoms with Crippen molar-refractivity contribution in [3.63, 3.8) is 0 Å². The minimum atomic E-state index is -0.178. The molecule has 0 bridgehead atoms. The average molecular weight is 219 g/mol. The van der Waals surface area contributed by atoms with Gasteiger partial charge in [-0.2, -0.15) is 4.98 Å². The van der Waals surface area contributed by atoms with Gasteiger partial charge in [-0.05, 0) is 26.3 Å². The van der Waals surface area contributed by atoms with Crippen molar-refractivity contribution < 1.29 is 4.52 Å². The van der Waals surface area contributed by atoms with Crippen LogP contribution in [0, 0.1) is 0 Å². The molecule has 0 aliphatic carbocycles. The van der Waals surface area contributed by atoms with Crippen LogP contribution in [0.3, 0.4) is 0 Å². The maximum absolute atomic E-state index is 5.61. The van der Waals surface area contributed by atoms with Gasteiger partial charge in [0.2, 0.25) is 5.89 Å². The van der Waals surface area contributed by atoms with Crippen molar-refractivity contribution in [3.05, 3.63) is 11.7 Å². The predicted molar refractivity (Wildman–Crippen MR) is 54.1 cm³/mol. The van der Waals surface area contributed by atoms with Crippen LogP contribution in [0.1, 0.15) is 43.6 Å². The highest BCUT2D eigenvalue weighted by Crippen LogP contribution is 2.20. The smallest absolute Gasteiger partial charge is 0.243 e. The molecule has 0 saturated carbocycles. The molecule has 1 unspecified atom stereocenters. The van der Waals surface area contributed by atoms with E-state index in [1.54, 1.807) is 0 Å². The summed E-state index contributed by atoms with van der Waals surface area (Å²) in [5.41, 5.74) is 5.61. The van der Waals surface area contributed by atoms with E-state index in [-0.39, 0.29) is 24.5 Å². The summed E-state index contributed by atoms with van der Waals surface area (Å²) in [5, 5.41) is 7.19. The minimum absolute atomic E-state index is 0. The molecule has 0 spiro atoms. The van der Waals surface area contributed by atoms with Crippen LogP contribution in [0.15, 0.2) is 4.52 Å². The second-order valence-electron chi connectivity index (χ2n) is 3.43. The standard InChI is InChI=1S/C8H14N4O.ClH/c1-5(9)8-11-7(12-13-8)6-3-2-4-10-6;/h5-6,10H,2-4,9H2,1H3;1H/t5-,6?;/m0./s1. The van der Waals surface area contributed by atoms with E-state index in [0.717, 1.165) is 18.8 Å². The molecule has 1 aromatic rings. The van der Waals surface area contributed by atoms with E-state index in [1.807, 2.05) is 6.92 Å². The molecule has 5 nitrogen and oxygen atoms in total. The lowest BCUT2D eigenvalue weighted by Gasteiger charge is -2.01. The fourth-order valence-corrected chi connectivity index (χ4v) is 1.48. The molecule has 2 rings (SSSR count). The van der Waals surface area contributed by atoms with Crippen LogP contribution >= 0.6 is 12.4 Å². The van der Waals surface area contributed by atoms with Gasteiger partial charge in [0.1, 0.15) is 0 Å². The SMILES string of the molecule is C[C@H](N)c1nc(C2CCCN2)no1.Cl. The Bertz CT molecular complexity index is 283. The zero-order valence-electron chi connectivity index (χ0n) is 8.06. The molecular formula is C8H15ClN4O. The van der Waals surface area contributed by atoms with Gasteiger partial charge in [0, 0.05) is 0 Å². The Labute approximate surface area is 88.8 Å². The zero-order valence-corrected chi connectivity index (χ0v) is 8.88. The van der Waals surface area contributed by atoms with Crippen LogP contribution in [-0.4, -0.2) is 16.7 Å². The molecule has 1 aliphatic rings. The second kappa shape index (κ2) is 4.72. The fraction of sp³-hybridized carbons (Fsp3) is 0.750. The molecule has 80 valence electrons. The molecule has 0 amide bonds. The lowest BCUT2D eigenvalue weighted by molar-refractivity contribution is 0.353. The molecule has 6 heteroatoms. The van der Waals surface area contributed by atoms with Crippen LogP contribution in [0.5, 0.6) is 0 Å². The molecule has 1 saturated heterocycles. The highest BCUT2D eigenvalue weighted by molar-refractivity contribution is 5.85. The first-order chi connectivity index (χ1) is 6.27. The molecule has 1 aliphatic heterocycles. The molecule has 0 radical (unpaired) electrons. The fourth-order valence-electron chi connectivity index (χ4n) is 1.48. The van der Waals surface area contributed by atoms with E-state index < -0.39 is 0 Å². The Balaban J connectivity index is 0.000000980. The van der Waals surface area contributed by atoms with Crippen molar-refractivity contribution in [2.75, 3.05) is 6.54 Å². The maximum atomic E-state index is 5.61. The van der Waals surface area contributed by atoms with Crippen molar-refractivity contribution in [2.45, 2.75) is 31.8 Å². The van der Waals surface area contributed by atoms with Crippen molar-refractivity contribution in [1.29, 1.82) is 0 Å². The van der Waals surface area contributed by atoms with Crippen LogP contribution in [-0.2, 0) is 0 Å². The first kappa shape index (κ1) is 11.4. The normalized spacial score (nSPS) is 23.1. The number of hydrogen-bond acceptors (Lipinski definition) is 5. The number of hydrogen-bond donors (Lipinski definition) is 2. The Morgan fingerprint density at radius 3 is 2.93 bits per heavy atom. The molecular weight excluding hydrogens is 204 g/mol. The molecule has 2 heterocycles. The highest BCUT2D eigenvalue weighted by atomic mass is 35.5. The summed E-state index contributed by atoms with van der Waals surface area (Å²) < 4.78 is 5.01. The summed E-state index contributed by atoms with van der Waals surface area (Å²) >= 11 is 0. The summed E-state index contributed by atoms with van der Waals surface area (Å²) in [7, 11) is 0.